The van der Waals surface area contributed by atoms with E-state index in [9.17, 15) is 9.59 Å². The molecular weight excluding hydrogens is 372 g/mol. The number of rotatable bonds is 7. The van der Waals surface area contributed by atoms with E-state index in [-0.39, 0.29) is 17.7 Å². The molecule has 2 rings (SSSR count). The van der Waals surface area contributed by atoms with Crippen LogP contribution in [0.2, 0.25) is 0 Å². The Kier molecular flexibility index (Phi) is 6.82. The van der Waals surface area contributed by atoms with E-state index >= 15 is 0 Å². The third-order valence-electron chi connectivity index (χ3n) is 3.89. The highest BCUT2D eigenvalue weighted by Crippen LogP contribution is 2.34. The summed E-state index contributed by atoms with van der Waals surface area (Å²) >= 11 is 2.72. The van der Waals surface area contributed by atoms with Gasteiger partial charge in [0, 0.05) is 10.9 Å². The summed E-state index contributed by atoms with van der Waals surface area (Å²) in [6, 6.07) is 0.216. The van der Waals surface area contributed by atoms with Gasteiger partial charge in [0.05, 0.1) is 18.4 Å². The van der Waals surface area contributed by atoms with Gasteiger partial charge in [-0.3, -0.25) is 4.79 Å². The summed E-state index contributed by atoms with van der Waals surface area (Å²) in [7, 11) is 1.34. The first-order valence-corrected chi connectivity index (χ1v) is 10.1. The number of hydrogen-bond donors (Lipinski definition) is 1. The molecule has 0 fully saturated rings. The number of aromatic nitrogens is 3. The fraction of sp³-hybridized carbons (Fsp3) is 0.529. The molecule has 0 atom stereocenters. The second-order valence-corrected chi connectivity index (χ2v) is 8.18. The van der Waals surface area contributed by atoms with Crippen LogP contribution in [0.3, 0.4) is 0 Å². The summed E-state index contributed by atoms with van der Waals surface area (Å²) in [6.45, 7) is 9.90. The molecule has 26 heavy (non-hydrogen) atoms. The first-order valence-electron chi connectivity index (χ1n) is 8.34. The van der Waals surface area contributed by atoms with Gasteiger partial charge in [-0.05, 0) is 39.7 Å². The van der Waals surface area contributed by atoms with Crippen LogP contribution in [0.1, 0.15) is 53.4 Å². The van der Waals surface area contributed by atoms with Gasteiger partial charge in [0.15, 0.2) is 5.16 Å². The van der Waals surface area contributed by atoms with Crippen molar-refractivity contribution in [3.63, 3.8) is 0 Å². The quantitative estimate of drug-likeness (QED) is 0.568. The van der Waals surface area contributed by atoms with Gasteiger partial charge in [-0.25, -0.2) is 4.79 Å². The number of anilines is 1. The predicted octanol–water partition coefficient (Wildman–Crippen LogP) is 3.62. The Balaban J connectivity index is 2.13. The summed E-state index contributed by atoms with van der Waals surface area (Å²) in [5.74, 6) is 0.380. The van der Waals surface area contributed by atoms with Crippen LogP contribution in [0.25, 0.3) is 0 Å². The van der Waals surface area contributed by atoms with E-state index in [0.29, 0.717) is 22.1 Å². The first-order chi connectivity index (χ1) is 12.3. The molecule has 2 aromatic heterocycles. The zero-order valence-electron chi connectivity index (χ0n) is 15.9. The Morgan fingerprint density at radius 1 is 1.31 bits per heavy atom. The van der Waals surface area contributed by atoms with Gasteiger partial charge >= 0.3 is 5.97 Å². The van der Waals surface area contributed by atoms with Crippen LogP contribution in [0.5, 0.6) is 0 Å². The van der Waals surface area contributed by atoms with E-state index in [1.54, 1.807) is 0 Å². The second kappa shape index (κ2) is 8.68. The topological polar surface area (TPSA) is 86.1 Å². The molecular formula is C17H24N4O3S2. The summed E-state index contributed by atoms with van der Waals surface area (Å²) in [6.07, 6.45) is 0.703. The molecule has 142 valence electrons. The van der Waals surface area contributed by atoms with Gasteiger partial charge in [-0.1, -0.05) is 18.7 Å². The minimum Gasteiger partial charge on any atom is -0.465 e. The molecule has 0 spiro atoms. The number of esters is 1. The zero-order chi connectivity index (χ0) is 19.4. The molecule has 0 saturated heterocycles. The Hall–Kier alpha value is -1.87. The molecule has 7 nitrogen and oxygen atoms in total. The van der Waals surface area contributed by atoms with Gasteiger partial charge in [0.25, 0.3) is 0 Å². The Bertz CT molecular complexity index is 811. The number of nitrogens with zero attached hydrogens (tertiary/aromatic N) is 3. The van der Waals surface area contributed by atoms with E-state index in [0.717, 1.165) is 16.3 Å². The summed E-state index contributed by atoms with van der Waals surface area (Å²) in [5.41, 5.74) is 1.37. The normalized spacial score (nSPS) is 11.0. The van der Waals surface area contributed by atoms with E-state index < -0.39 is 5.97 Å². The molecule has 0 aliphatic heterocycles. The first kappa shape index (κ1) is 20.4. The maximum atomic E-state index is 12.4. The minimum atomic E-state index is -0.427. The van der Waals surface area contributed by atoms with Crippen molar-refractivity contribution >= 4 is 40.0 Å². The van der Waals surface area contributed by atoms with E-state index in [1.807, 2.05) is 39.2 Å². The molecule has 0 unspecified atom stereocenters. The third kappa shape index (κ3) is 4.27. The lowest BCUT2D eigenvalue weighted by molar-refractivity contribution is -0.113. The summed E-state index contributed by atoms with van der Waals surface area (Å²) in [4.78, 5) is 25.5. The maximum Gasteiger partial charge on any atom is 0.341 e. The van der Waals surface area contributed by atoms with Gasteiger partial charge in [0.1, 0.15) is 10.8 Å². The van der Waals surface area contributed by atoms with Crippen LogP contribution < -0.4 is 5.32 Å². The lowest BCUT2D eigenvalue weighted by Crippen LogP contribution is -2.17. The number of nitrogens with one attached hydrogen (secondary N) is 1. The van der Waals surface area contributed by atoms with E-state index in [4.69, 9.17) is 4.74 Å². The fourth-order valence-corrected chi connectivity index (χ4v) is 4.81. The summed E-state index contributed by atoms with van der Waals surface area (Å²) < 4.78 is 6.87. The number of carbonyl (C=O) groups excluding carboxylic acids is 2. The average molecular weight is 397 g/mol. The average Bonchev–Trinajstić information content (AvgIpc) is 3.11. The molecule has 2 aromatic rings. The van der Waals surface area contributed by atoms with Gasteiger partial charge < -0.3 is 14.6 Å². The second-order valence-electron chi connectivity index (χ2n) is 6.02. The van der Waals surface area contributed by atoms with E-state index in [2.05, 4.69) is 15.5 Å². The van der Waals surface area contributed by atoms with Crippen molar-refractivity contribution in [2.45, 2.75) is 52.2 Å². The van der Waals surface area contributed by atoms with Gasteiger partial charge in [0.2, 0.25) is 5.91 Å². The largest absolute Gasteiger partial charge is 0.465 e. The van der Waals surface area contributed by atoms with E-state index in [1.165, 1.54) is 30.2 Å². The number of amides is 1. The highest BCUT2D eigenvalue weighted by atomic mass is 32.2. The molecule has 1 amide bonds. The van der Waals surface area contributed by atoms with Crippen LogP contribution in [0.15, 0.2) is 5.16 Å². The maximum absolute atomic E-state index is 12.4. The third-order valence-corrected chi connectivity index (χ3v) is 5.89. The molecule has 1 N–H and O–H groups in total. The highest BCUT2D eigenvalue weighted by Gasteiger charge is 2.23. The van der Waals surface area contributed by atoms with Crippen LogP contribution in [0.4, 0.5) is 5.00 Å². The standard InChI is InChI=1S/C17H24N4O3S2/c1-7-12-10(4)26-15(14(12)16(23)24-6)18-13(22)8-25-17-20-19-11(5)21(17)9(2)3/h9H,7-8H2,1-6H3,(H,18,22). The number of aryl methyl sites for hydroxylation is 2. The Morgan fingerprint density at radius 2 is 2.00 bits per heavy atom. The lowest BCUT2D eigenvalue weighted by Gasteiger charge is -2.11. The smallest absolute Gasteiger partial charge is 0.341 e. The molecule has 0 aliphatic carbocycles. The minimum absolute atomic E-state index is 0.184. The molecule has 0 aromatic carbocycles. The summed E-state index contributed by atoms with van der Waals surface area (Å²) in [5, 5.41) is 12.3. The number of carbonyl (C=O) groups is 2. The van der Waals surface area contributed by atoms with Crippen molar-refractivity contribution < 1.29 is 14.3 Å². The van der Waals surface area contributed by atoms with Gasteiger partial charge in [-0.2, -0.15) is 0 Å². The van der Waals surface area contributed by atoms with Gasteiger partial charge in [-0.15, -0.1) is 21.5 Å². The SMILES string of the molecule is CCc1c(C)sc(NC(=O)CSc2nnc(C)n2C(C)C)c1C(=O)OC. The van der Waals surface area contributed by atoms with Crippen molar-refractivity contribution in [3.8, 4) is 0 Å². The number of ether oxygens (including phenoxy) is 1. The van der Waals surface area contributed by atoms with Crippen LogP contribution in [-0.2, 0) is 16.0 Å². The Morgan fingerprint density at radius 3 is 2.58 bits per heavy atom. The highest BCUT2D eigenvalue weighted by molar-refractivity contribution is 7.99. The molecule has 2 heterocycles. The van der Waals surface area contributed by atoms with Crippen molar-refractivity contribution in [2.24, 2.45) is 0 Å². The molecule has 0 aliphatic rings. The number of thiophene rings is 1. The fourth-order valence-electron chi connectivity index (χ4n) is 2.75. The van der Waals surface area contributed by atoms with Crippen molar-refractivity contribution in [1.29, 1.82) is 0 Å². The molecule has 0 saturated carbocycles. The molecule has 0 bridgehead atoms. The van der Waals surface area contributed by atoms with Crippen LogP contribution >= 0.6 is 23.1 Å². The number of hydrogen-bond acceptors (Lipinski definition) is 7. The van der Waals surface area contributed by atoms with Crippen molar-refractivity contribution in [2.75, 3.05) is 18.2 Å². The molecule has 0 radical (unpaired) electrons. The monoisotopic (exact) mass is 396 g/mol. The molecule has 9 heteroatoms. The number of methoxy groups -OCH3 is 1. The lowest BCUT2D eigenvalue weighted by atomic mass is 10.1. The predicted molar refractivity (Wildman–Crippen MR) is 104 cm³/mol. The van der Waals surface area contributed by atoms with Crippen LogP contribution in [-0.4, -0.2) is 39.5 Å². The number of thioether (sulfide) groups is 1. The van der Waals surface area contributed by atoms with Crippen LogP contribution in [0, 0.1) is 13.8 Å². The Labute approximate surface area is 161 Å². The van der Waals surface area contributed by atoms with Crippen molar-refractivity contribution in [1.82, 2.24) is 14.8 Å². The zero-order valence-corrected chi connectivity index (χ0v) is 17.5. The van der Waals surface area contributed by atoms with Crippen molar-refractivity contribution in [3.05, 3.63) is 21.8 Å².